The predicted octanol–water partition coefficient (Wildman–Crippen LogP) is 3.46. The molecule has 3 nitrogen and oxygen atoms in total. The average molecular weight is 308 g/mol. The maximum absolute atomic E-state index is 5.84. The molecule has 0 aliphatic heterocycles. The lowest BCUT2D eigenvalue weighted by atomic mass is 10.1. The Morgan fingerprint density at radius 3 is 2.48 bits per heavy atom. The number of benzene rings is 1. The fourth-order valence-corrected chi connectivity index (χ4v) is 2.44. The Bertz CT molecular complexity index is 446. The summed E-state index contributed by atoms with van der Waals surface area (Å²) in [5, 5.41) is 0. The van der Waals surface area contributed by atoms with E-state index in [1.165, 1.54) is 0 Å². The van der Waals surface area contributed by atoms with Gasteiger partial charge in [-0.15, -0.1) is 0 Å². The number of hydrogen-bond acceptors (Lipinski definition) is 3. The standard InChI is InChI=1S/C17H28N2OS/c1-13(2)12-19(14(3)4)10-7-11-20-16-9-6-5-8-15(16)17(18)21/h5-6,8-9,13-14H,7,10-12H2,1-4H3,(H2,18,21). The van der Waals surface area contributed by atoms with Crippen LogP contribution in [0.15, 0.2) is 24.3 Å². The van der Waals surface area contributed by atoms with Crippen molar-refractivity contribution >= 4 is 17.2 Å². The van der Waals surface area contributed by atoms with Crippen LogP contribution in [0.3, 0.4) is 0 Å². The highest BCUT2D eigenvalue weighted by molar-refractivity contribution is 7.80. The molecule has 0 fully saturated rings. The Labute approximate surface area is 134 Å². The molecule has 0 saturated heterocycles. The van der Waals surface area contributed by atoms with Gasteiger partial charge < -0.3 is 15.4 Å². The molecule has 1 aromatic carbocycles. The molecular weight excluding hydrogens is 280 g/mol. The van der Waals surface area contributed by atoms with E-state index in [-0.39, 0.29) is 0 Å². The Morgan fingerprint density at radius 1 is 1.24 bits per heavy atom. The highest BCUT2D eigenvalue weighted by Crippen LogP contribution is 2.18. The van der Waals surface area contributed by atoms with Crippen molar-refractivity contribution in [3.8, 4) is 5.75 Å². The molecule has 0 saturated carbocycles. The highest BCUT2D eigenvalue weighted by atomic mass is 32.1. The van der Waals surface area contributed by atoms with Crippen molar-refractivity contribution in [1.29, 1.82) is 0 Å². The van der Waals surface area contributed by atoms with Crippen LogP contribution in [0.2, 0.25) is 0 Å². The van der Waals surface area contributed by atoms with Gasteiger partial charge in [0.1, 0.15) is 10.7 Å². The third-order valence-corrected chi connectivity index (χ3v) is 3.55. The van der Waals surface area contributed by atoms with Crippen LogP contribution in [0, 0.1) is 5.92 Å². The smallest absolute Gasteiger partial charge is 0.129 e. The highest BCUT2D eigenvalue weighted by Gasteiger charge is 2.11. The zero-order valence-corrected chi connectivity index (χ0v) is 14.5. The Morgan fingerprint density at radius 2 is 1.90 bits per heavy atom. The van der Waals surface area contributed by atoms with Crippen LogP contribution in [0.25, 0.3) is 0 Å². The van der Waals surface area contributed by atoms with Crippen LogP contribution in [-0.2, 0) is 0 Å². The molecule has 0 heterocycles. The Hall–Kier alpha value is -1.13. The van der Waals surface area contributed by atoms with E-state index in [1.54, 1.807) is 0 Å². The fourth-order valence-electron chi connectivity index (χ4n) is 2.28. The molecule has 0 aliphatic rings. The largest absolute Gasteiger partial charge is 0.493 e. The summed E-state index contributed by atoms with van der Waals surface area (Å²) in [7, 11) is 0. The van der Waals surface area contributed by atoms with E-state index < -0.39 is 0 Å². The number of hydrogen-bond donors (Lipinski definition) is 1. The van der Waals surface area contributed by atoms with Crippen molar-refractivity contribution in [2.75, 3.05) is 19.7 Å². The van der Waals surface area contributed by atoms with E-state index in [4.69, 9.17) is 22.7 Å². The monoisotopic (exact) mass is 308 g/mol. The molecule has 0 bridgehead atoms. The molecule has 1 aromatic rings. The molecule has 4 heteroatoms. The van der Waals surface area contributed by atoms with Gasteiger partial charge in [-0.3, -0.25) is 0 Å². The SMILES string of the molecule is CC(C)CN(CCCOc1ccccc1C(N)=S)C(C)C. The van der Waals surface area contributed by atoms with Crippen molar-refractivity contribution in [3.63, 3.8) is 0 Å². The van der Waals surface area contributed by atoms with Gasteiger partial charge in [-0.1, -0.05) is 38.2 Å². The second-order valence-corrected chi connectivity index (χ2v) is 6.48. The maximum Gasteiger partial charge on any atom is 0.129 e. The summed E-state index contributed by atoms with van der Waals surface area (Å²) in [5.41, 5.74) is 6.52. The molecule has 0 atom stereocenters. The van der Waals surface area contributed by atoms with Crippen molar-refractivity contribution in [1.82, 2.24) is 4.90 Å². The fraction of sp³-hybridized carbons (Fsp3) is 0.588. The van der Waals surface area contributed by atoms with Crippen molar-refractivity contribution < 1.29 is 4.74 Å². The van der Waals surface area contributed by atoms with Crippen LogP contribution in [0.1, 0.15) is 39.7 Å². The Balaban J connectivity index is 2.45. The minimum absolute atomic E-state index is 0.384. The summed E-state index contributed by atoms with van der Waals surface area (Å²) >= 11 is 5.04. The molecular formula is C17H28N2OS. The van der Waals surface area contributed by atoms with Gasteiger partial charge in [0.25, 0.3) is 0 Å². The molecule has 2 N–H and O–H groups in total. The number of ether oxygens (including phenoxy) is 1. The summed E-state index contributed by atoms with van der Waals surface area (Å²) in [6, 6.07) is 8.25. The van der Waals surface area contributed by atoms with Gasteiger partial charge in [0.05, 0.1) is 12.2 Å². The van der Waals surface area contributed by atoms with E-state index in [9.17, 15) is 0 Å². The van der Waals surface area contributed by atoms with Crippen LogP contribution < -0.4 is 10.5 Å². The van der Waals surface area contributed by atoms with Crippen LogP contribution in [0.5, 0.6) is 5.75 Å². The first kappa shape index (κ1) is 17.9. The first-order valence-electron chi connectivity index (χ1n) is 7.67. The van der Waals surface area contributed by atoms with E-state index in [0.29, 0.717) is 23.6 Å². The van der Waals surface area contributed by atoms with Gasteiger partial charge in [0, 0.05) is 19.1 Å². The molecule has 1 rings (SSSR count). The lowest BCUT2D eigenvalue weighted by Gasteiger charge is -2.28. The first-order chi connectivity index (χ1) is 9.91. The lowest BCUT2D eigenvalue weighted by Crippen LogP contribution is -2.35. The second-order valence-electron chi connectivity index (χ2n) is 6.04. The van der Waals surface area contributed by atoms with Gasteiger partial charge in [0.2, 0.25) is 0 Å². The van der Waals surface area contributed by atoms with E-state index in [2.05, 4.69) is 32.6 Å². The molecule has 0 aliphatic carbocycles. The van der Waals surface area contributed by atoms with E-state index in [1.807, 2.05) is 24.3 Å². The zero-order chi connectivity index (χ0) is 15.8. The van der Waals surface area contributed by atoms with Crippen molar-refractivity contribution in [2.45, 2.75) is 40.2 Å². The topological polar surface area (TPSA) is 38.5 Å². The summed E-state index contributed by atoms with van der Waals surface area (Å²) in [6.07, 6.45) is 0.997. The molecule has 0 amide bonds. The number of nitrogens with two attached hydrogens (primary N) is 1. The number of rotatable bonds is 9. The molecule has 0 spiro atoms. The van der Waals surface area contributed by atoms with Gasteiger partial charge in [0.15, 0.2) is 0 Å². The van der Waals surface area contributed by atoms with Gasteiger partial charge in [-0.2, -0.15) is 0 Å². The van der Waals surface area contributed by atoms with Crippen LogP contribution in [0.4, 0.5) is 0 Å². The van der Waals surface area contributed by atoms with Gasteiger partial charge in [-0.25, -0.2) is 0 Å². The number of thiocarbonyl (C=S) groups is 1. The second kappa shape index (κ2) is 9.00. The summed E-state index contributed by atoms with van der Waals surface area (Å²) in [4.78, 5) is 2.88. The maximum atomic E-state index is 5.84. The normalized spacial score (nSPS) is 11.4. The average Bonchev–Trinajstić information content (AvgIpc) is 2.41. The third-order valence-electron chi connectivity index (χ3n) is 3.33. The summed E-state index contributed by atoms with van der Waals surface area (Å²) in [5.74, 6) is 1.47. The van der Waals surface area contributed by atoms with E-state index in [0.717, 1.165) is 30.8 Å². The zero-order valence-electron chi connectivity index (χ0n) is 13.6. The quantitative estimate of drug-likeness (QED) is 0.560. The van der Waals surface area contributed by atoms with Crippen molar-refractivity contribution in [2.24, 2.45) is 11.7 Å². The molecule has 21 heavy (non-hydrogen) atoms. The van der Waals surface area contributed by atoms with Crippen LogP contribution >= 0.6 is 12.2 Å². The summed E-state index contributed by atoms with van der Waals surface area (Å²) < 4.78 is 5.84. The molecule has 0 unspecified atom stereocenters. The Kier molecular flexibility index (Phi) is 7.68. The van der Waals surface area contributed by atoms with E-state index >= 15 is 0 Å². The minimum Gasteiger partial charge on any atom is -0.493 e. The molecule has 0 radical (unpaired) electrons. The van der Waals surface area contributed by atoms with Gasteiger partial charge >= 0.3 is 0 Å². The summed E-state index contributed by atoms with van der Waals surface area (Å²) in [6.45, 7) is 11.8. The molecule has 118 valence electrons. The number of nitrogens with zero attached hydrogens (tertiary/aromatic N) is 1. The minimum atomic E-state index is 0.384. The molecule has 0 aromatic heterocycles. The van der Waals surface area contributed by atoms with Crippen LogP contribution in [-0.4, -0.2) is 35.6 Å². The lowest BCUT2D eigenvalue weighted by molar-refractivity contribution is 0.179. The first-order valence-corrected chi connectivity index (χ1v) is 8.08. The predicted molar refractivity (Wildman–Crippen MR) is 94.0 cm³/mol. The van der Waals surface area contributed by atoms with Gasteiger partial charge in [-0.05, 0) is 38.3 Å². The van der Waals surface area contributed by atoms with Crippen molar-refractivity contribution in [3.05, 3.63) is 29.8 Å². The third kappa shape index (κ3) is 6.44. The number of para-hydroxylation sites is 1.